The van der Waals surface area contributed by atoms with Gasteiger partial charge in [0.15, 0.2) is 0 Å². The molecule has 0 aromatic heterocycles. The molecular formula is C10H18F3NO2. The van der Waals surface area contributed by atoms with Crippen molar-refractivity contribution in [2.24, 2.45) is 17.1 Å². The molecule has 0 fully saturated rings. The van der Waals surface area contributed by atoms with Crippen molar-refractivity contribution in [1.29, 1.82) is 0 Å². The summed E-state index contributed by atoms with van der Waals surface area (Å²) in [6.45, 7) is 6.16. The Labute approximate surface area is 93.1 Å². The largest absolute Gasteiger partial charge is 0.466 e. The molecule has 0 heterocycles. The maximum Gasteiger partial charge on any atom is 0.404 e. The van der Waals surface area contributed by atoms with E-state index in [-0.39, 0.29) is 6.61 Å². The fourth-order valence-corrected chi connectivity index (χ4v) is 1.46. The normalized spacial score (nSPS) is 16.8. The Morgan fingerprint density at radius 2 is 1.75 bits per heavy atom. The molecule has 3 nitrogen and oxygen atoms in total. The SMILES string of the molecule is CCOC(=O)[C@@H]([C@@H](N)C(F)(F)F)C(C)(C)C. The summed E-state index contributed by atoms with van der Waals surface area (Å²) < 4.78 is 42.1. The highest BCUT2D eigenvalue weighted by molar-refractivity contribution is 5.74. The predicted octanol–water partition coefficient (Wildman–Crippen LogP) is 2.10. The second kappa shape index (κ2) is 5.03. The number of halogens is 3. The van der Waals surface area contributed by atoms with Crippen LogP contribution in [0.3, 0.4) is 0 Å². The van der Waals surface area contributed by atoms with Gasteiger partial charge >= 0.3 is 12.1 Å². The van der Waals surface area contributed by atoms with Crippen LogP contribution in [0.15, 0.2) is 0 Å². The molecule has 0 spiro atoms. The Kier molecular flexibility index (Phi) is 4.79. The zero-order chi connectivity index (χ0) is 13.1. The van der Waals surface area contributed by atoms with Crippen molar-refractivity contribution in [3.63, 3.8) is 0 Å². The first-order valence-electron chi connectivity index (χ1n) is 5.00. The van der Waals surface area contributed by atoms with Crippen molar-refractivity contribution in [2.75, 3.05) is 6.61 Å². The molecule has 6 heteroatoms. The van der Waals surface area contributed by atoms with E-state index in [9.17, 15) is 18.0 Å². The second-order valence-corrected chi connectivity index (χ2v) is 4.66. The summed E-state index contributed by atoms with van der Waals surface area (Å²) in [5, 5.41) is 0. The van der Waals surface area contributed by atoms with E-state index in [0.717, 1.165) is 0 Å². The van der Waals surface area contributed by atoms with Crippen LogP contribution >= 0.6 is 0 Å². The van der Waals surface area contributed by atoms with E-state index in [2.05, 4.69) is 4.74 Å². The van der Waals surface area contributed by atoms with Gasteiger partial charge in [-0.2, -0.15) is 13.2 Å². The van der Waals surface area contributed by atoms with Crippen molar-refractivity contribution in [3.05, 3.63) is 0 Å². The number of esters is 1. The molecule has 0 saturated heterocycles. The van der Waals surface area contributed by atoms with Gasteiger partial charge in [-0.05, 0) is 12.3 Å². The fourth-order valence-electron chi connectivity index (χ4n) is 1.46. The number of hydrogen-bond acceptors (Lipinski definition) is 3. The van der Waals surface area contributed by atoms with E-state index in [1.165, 1.54) is 27.7 Å². The van der Waals surface area contributed by atoms with Crippen molar-refractivity contribution in [2.45, 2.75) is 39.9 Å². The van der Waals surface area contributed by atoms with Crippen LogP contribution in [-0.2, 0) is 9.53 Å². The van der Waals surface area contributed by atoms with E-state index in [4.69, 9.17) is 5.73 Å². The standard InChI is InChI=1S/C10H18F3NO2/c1-5-16-8(15)6(9(2,3)4)7(14)10(11,12)13/h6-7H,5,14H2,1-4H3/t6-,7-/m1/s1. The first kappa shape index (κ1) is 15.2. The number of alkyl halides is 3. The molecule has 0 rings (SSSR count). The quantitative estimate of drug-likeness (QED) is 0.770. The van der Waals surface area contributed by atoms with Gasteiger partial charge in [0.1, 0.15) is 6.04 Å². The van der Waals surface area contributed by atoms with Gasteiger partial charge in [0.2, 0.25) is 0 Å². The molecule has 0 aliphatic carbocycles. The Balaban J connectivity index is 5.04. The molecule has 0 radical (unpaired) electrons. The lowest BCUT2D eigenvalue weighted by atomic mass is 9.76. The van der Waals surface area contributed by atoms with Crippen molar-refractivity contribution in [1.82, 2.24) is 0 Å². The van der Waals surface area contributed by atoms with Crippen molar-refractivity contribution >= 4 is 5.97 Å². The third kappa shape index (κ3) is 4.00. The highest BCUT2D eigenvalue weighted by Crippen LogP contribution is 2.35. The summed E-state index contributed by atoms with van der Waals surface area (Å²) >= 11 is 0. The van der Waals surface area contributed by atoms with Crippen LogP contribution in [0.5, 0.6) is 0 Å². The Morgan fingerprint density at radius 3 is 2.00 bits per heavy atom. The molecule has 2 N–H and O–H groups in total. The summed E-state index contributed by atoms with van der Waals surface area (Å²) in [7, 11) is 0. The van der Waals surface area contributed by atoms with Gasteiger partial charge in [0.05, 0.1) is 12.5 Å². The topological polar surface area (TPSA) is 52.3 Å². The molecular weight excluding hydrogens is 223 g/mol. The molecule has 0 aromatic rings. The number of hydrogen-bond donors (Lipinski definition) is 1. The van der Waals surface area contributed by atoms with Gasteiger partial charge in [-0.1, -0.05) is 20.8 Å². The Morgan fingerprint density at radius 1 is 1.31 bits per heavy atom. The van der Waals surface area contributed by atoms with Crippen LogP contribution in [0.2, 0.25) is 0 Å². The lowest BCUT2D eigenvalue weighted by Crippen LogP contribution is -2.52. The van der Waals surface area contributed by atoms with E-state index >= 15 is 0 Å². The number of ether oxygens (including phenoxy) is 1. The van der Waals surface area contributed by atoms with Crippen LogP contribution < -0.4 is 5.73 Å². The Hall–Kier alpha value is -0.780. The lowest BCUT2D eigenvalue weighted by molar-refractivity contribution is -0.184. The second-order valence-electron chi connectivity index (χ2n) is 4.66. The van der Waals surface area contributed by atoms with Crippen molar-refractivity contribution < 1.29 is 22.7 Å². The molecule has 0 unspecified atom stereocenters. The monoisotopic (exact) mass is 241 g/mol. The summed E-state index contributed by atoms with van der Waals surface area (Å²) in [6, 6.07) is -2.20. The van der Waals surface area contributed by atoms with Crippen LogP contribution in [0, 0.1) is 11.3 Å². The average Bonchev–Trinajstić information content (AvgIpc) is 1.99. The van der Waals surface area contributed by atoms with E-state index < -0.39 is 29.5 Å². The van der Waals surface area contributed by atoms with E-state index in [1.54, 1.807) is 0 Å². The molecule has 0 aliphatic heterocycles. The maximum absolute atomic E-state index is 12.5. The van der Waals surface area contributed by atoms with Gasteiger partial charge in [0.25, 0.3) is 0 Å². The van der Waals surface area contributed by atoms with Gasteiger partial charge in [-0.3, -0.25) is 4.79 Å². The molecule has 2 atom stereocenters. The minimum atomic E-state index is -4.61. The molecule has 0 bridgehead atoms. The smallest absolute Gasteiger partial charge is 0.404 e. The van der Waals surface area contributed by atoms with Gasteiger partial charge in [-0.25, -0.2) is 0 Å². The summed E-state index contributed by atoms with van der Waals surface area (Å²) in [5.74, 6) is -2.30. The highest BCUT2D eigenvalue weighted by Gasteiger charge is 2.50. The number of nitrogens with two attached hydrogens (primary N) is 1. The van der Waals surface area contributed by atoms with E-state index in [1.807, 2.05) is 0 Å². The minimum Gasteiger partial charge on any atom is -0.466 e. The first-order valence-corrected chi connectivity index (χ1v) is 5.00. The predicted molar refractivity (Wildman–Crippen MR) is 53.6 cm³/mol. The molecule has 0 aromatic carbocycles. The maximum atomic E-state index is 12.5. The average molecular weight is 241 g/mol. The summed E-state index contributed by atoms with van der Waals surface area (Å²) in [5.41, 5.74) is 4.18. The zero-order valence-corrected chi connectivity index (χ0v) is 9.89. The zero-order valence-electron chi connectivity index (χ0n) is 9.89. The molecule has 0 amide bonds. The van der Waals surface area contributed by atoms with Crippen molar-refractivity contribution in [3.8, 4) is 0 Å². The summed E-state index contributed by atoms with van der Waals surface area (Å²) in [6.07, 6.45) is -4.61. The van der Waals surface area contributed by atoms with Crippen LogP contribution in [0.25, 0.3) is 0 Å². The highest BCUT2D eigenvalue weighted by atomic mass is 19.4. The summed E-state index contributed by atoms with van der Waals surface area (Å²) in [4.78, 5) is 11.5. The van der Waals surface area contributed by atoms with Crippen LogP contribution in [0.4, 0.5) is 13.2 Å². The lowest BCUT2D eigenvalue weighted by Gasteiger charge is -2.33. The molecule has 96 valence electrons. The third-order valence-corrected chi connectivity index (χ3v) is 2.21. The molecule has 16 heavy (non-hydrogen) atoms. The Bertz CT molecular complexity index is 245. The third-order valence-electron chi connectivity index (χ3n) is 2.21. The van der Waals surface area contributed by atoms with Crippen LogP contribution in [-0.4, -0.2) is 24.8 Å². The minimum absolute atomic E-state index is 0.0377. The van der Waals surface area contributed by atoms with Gasteiger partial charge in [-0.15, -0.1) is 0 Å². The van der Waals surface area contributed by atoms with E-state index in [0.29, 0.717) is 0 Å². The fraction of sp³-hybridized carbons (Fsp3) is 0.900. The molecule has 0 saturated carbocycles. The van der Waals surface area contributed by atoms with Crippen LogP contribution in [0.1, 0.15) is 27.7 Å². The number of carbonyl (C=O) groups is 1. The van der Waals surface area contributed by atoms with Gasteiger partial charge < -0.3 is 10.5 Å². The van der Waals surface area contributed by atoms with Gasteiger partial charge in [0, 0.05) is 0 Å². The molecule has 0 aliphatic rings. The first-order chi connectivity index (χ1) is 7.01. The number of carbonyl (C=O) groups excluding carboxylic acids is 1. The number of rotatable bonds is 3.